The van der Waals surface area contributed by atoms with Crippen LogP contribution in [0.1, 0.15) is 60.6 Å². The van der Waals surface area contributed by atoms with Gasteiger partial charge in [-0.2, -0.15) is 0 Å². The third-order valence-electron chi connectivity index (χ3n) is 6.11. The zero-order valence-electron chi connectivity index (χ0n) is 22.2. The molecule has 2 aromatic carbocycles. The van der Waals surface area contributed by atoms with Crippen molar-refractivity contribution in [3.05, 3.63) is 57.6 Å². The van der Waals surface area contributed by atoms with Gasteiger partial charge in [0.1, 0.15) is 0 Å². The second-order valence-electron chi connectivity index (χ2n) is 12.0. The fraction of sp³-hybridized carbons (Fsp3) is 0.517. The molecular formula is C29H44GeSi. The molecule has 0 saturated heterocycles. The Morgan fingerprint density at radius 2 is 1.06 bits per heavy atom. The van der Waals surface area contributed by atoms with Gasteiger partial charge in [0, 0.05) is 0 Å². The molecule has 0 saturated carbocycles. The van der Waals surface area contributed by atoms with Crippen LogP contribution in [0.15, 0.2) is 24.3 Å². The fourth-order valence-electron chi connectivity index (χ4n) is 5.13. The normalized spacial score (nSPS) is 12.5. The molecule has 2 aromatic rings. The molecule has 2 rings (SSSR count). The van der Waals surface area contributed by atoms with Crippen LogP contribution in [0.3, 0.4) is 0 Å². The fourth-order valence-corrected chi connectivity index (χ4v) is 20.4. The van der Waals surface area contributed by atoms with Crippen molar-refractivity contribution < 1.29 is 0 Å². The monoisotopic (exact) mass is 494 g/mol. The second-order valence-corrected chi connectivity index (χ2v) is 24.2. The second kappa shape index (κ2) is 9.32. The molecule has 168 valence electrons. The van der Waals surface area contributed by atoms with Gasteiger partial charge in [0.25, 0.3) is 0 Å². The van der Waals surface area contributed by atoms with Gasteiger partial charge in [-0.25, -0.2) is 0 Å². The summed E-state index contributed by atoms with van der Waals surface area (Å²) in [6.07, 6.45) is 1.22. The zero-order valence-corrected chi connectivity index (χ0v) is 25.3. The SMILES string of the molecule is Cc1cc(C)[c]([Ge]([C]#C[Si](C)(C)C)([CH2]CC(C)(C)C)[c]2c(C)cc(C)cc2C)c(C)c1. The zero-order chi connectivity index (χ0) is 23.8. The molecule has 0 atom stereocenters. The maximum absolute atomic E-state index is 4.18. The number of hydrogen-bond acceptors (Lipinski definition) is 0. The Morgan fingerprint density at radius 3 is 1.35 bits per heavy atom. The minimum atomic E-state index is -3.03. The van der Waals surface area contributed by atoms with Gasteiger partial charge in [-0.1, -0.05) is 0 Å². The van der Waals surface area contributed by atoms with E-state index in [1.807, 2.05) is 0 Å². The molecule has 0 bridgehead atoms. The van der Waals surface area contributed by atoms with Crippen molar-refractivity contribution >= 4 is 30.1 Å². The quantitative estimate of drug-likeness (QED) is 0.319. The van der Waals surface area contributed by atoms with Crippen molar-refractivity contribution in [2.75, 3.05) is 0 Å². The van der Waals surface area contributed by atoms with Gasteiger partial charge in [-0.15, -0.1) is 0 Å². The first-order chi connectivity index (χ1) is 14.1. The number of aryl methyl sites for hydroxylation is 6. The van der Waals surface area contributed by atoms with E-state index >= 15 is 0 Å². The van der Waals surface area contributed by atoms with E-state index in [0.29, 0.717) is 5.41 Å². The Bertz CT molecular complexity index is 916. The van der Waals surface area contributed by atoms with E-state index in [9.17, 15) is 0 Å². The van der Waals surface area contributed by atoms with Crippen LogP contribution in [0.2, 0.25) is 24.9 Å². The van der Waals surface area contributed by atoms with Gasteiger partial charge >= 0.3 is 197 Å². The molecular weight excluding hydrogens is 449 g/mol. The third kappa shape index (κ3) is 6.39. The van der Waals surface area contributed by atoms with Crippen LogP contribution in [0, 0.1) is 57.3 Å². The van der Waals surface area contributed by atoms with Gasteiger partial charge in [-0.05, 0) is 0 Å². The van der Waals surface area contributed by atoms with Crippen LogP contribution in [-0.4, -0.2) is 21.3 Å². The average Bonchev–Trinajstić information content (AvgIpc) is 2.54. The van der Waals surface area contributed by atoms with Crippen LogP contribution in [0.25, 0.3) is 0 Å². The molecule has 0 fully saturated rings. The third-order valence-corrected chi connectivity index (χ3v) is 17.7. The number of rotatable bonds is 4. The van der Waals surface area contributed by atoms with Gasteiger partial charge in [0.05, 0.1) is 0 Å². The first-order valence-corrected chi connectivity index (χ1v) is 19.9. The van der Waals surface area contributed by atoms with Crippen molar-refractivity contribution in [2.45, 2.75) is 93.6 Å². The van der Waals surface area contributed by atoms with Crippen molar-refractivity contribution in [1.29, 1.82) is 0 Å². The summed E-state index contributed by atoms with van der Waals surface area (Å²) in [7, 11) is -1.51. The molecule has 31 heavy (non-hydrogen) atoms. The van der Waals surface area contributed by atoms with E-state index in [1.54, 1.807) is 8.79 Å². The van der Waals surface area contributed by atoms with Gasteiger partial charge < -0.3 is 0 Å². The predicted octanol–water partition coefficient (Wildman–Crippen LogP) is 6.96. The molecule has 0 N–H and O–H groups in total. The summed E-state index contributed by atoms with van der Waals surface area (Å²) in [6, 6.07) is 9.59. The molecule has 0 nitrogen and oxygen atoms in total. The molecule has 0 amide bonds. The van der Waals surface area contributed by atoms with E-state index in [-0.39, 0.29) is 0 Å². The Balaban J connectivity index is 3.04. The molecule has 0 aliphatic rings. The molecule has 0 heterocycles. The van der Waals surface area contributed by atoms with Crippen LogP contribution in [0.5, 0.6) is 0 Å². The van der Waals surface area contributed by atoms with Crippen molar-refractivity contribution in [3.8, 4) is 10.3 Å². The predicted molar refractivity (Wildman–Crippen MR) is 146 cm³/mol. The Labute approximate surface area is 196 Å². The van der Waals surface area contributed by atoms with Crippen LogP contribution in [0.4, 0.5) is 0 Å². The summed E-state index contributed by atoms with van der Waals surface area (Å²) < 4.78 is 7.42. The molecule has 0 radical (unpaired) electrons. The summed E-state index contributed by atoms with van der Waals surface area (Å²) in [6.45, 7) is 28.1. The molecule has 2 heteroatoms. The van der Waals surface area contributed by atoms with Gasteiger partial charge in [0.15, 0.2) is 0 Å². The molecule has 0 aromatic heterocycles. The van der Waals surface area contributed by atoms with Crippen molar-refractivity contribution in [3.63, 3.8) is 0 Å². The maximum atomic E-state index is 4.18. The summed E-state index contributed by atoms with van der Waals surface area (Å²) in [5, 5.41) is 1.23. The first-order valence-electron chi connectivity index (χ1n) is 11.8. The molecule has 0 aliphatic carbocycles. The van der Waals surface area contributed by atoms with Gasteiger partial charge in [0.2, 0.25) is 0 Å². The Hall–Kier alpha value is -1.24. The van der Waals surface area contributed by atoms with Crippen molar-refractivity contribution in [1.82, 2.24) is 0 Å². The van der Waals surface area contributed by atoms with Crippen LogP contribution in [-0.2, 0) is 0 Å². The van der Waals surface area contributed by atoms with E-state index in [4.69, 9.17) is 0 Å². The van der Waals surface area contributed by atoms with Crippen LogP contribution >= 0.6 is 0 Å². The van der Waals surface area contributed by atoms with E-state index < -0.39 is 21.3 Å². The van der Waals surface area contributed by atoms with E-state index in [2.05, 4.69) is 117 Å². The van der Waals surface area contributed by atoms with E-state index in [0.717, 1.165) is 0 Å². The minimum absolute atomic E-state index is 0.302. The van der Waals surface area contributed by atoms with Gasteiger partial charge in [-0.3, -0.25) is 0 Å². The molecule has 0 spiro atoms. The number of benzene rings is 2. The summed E-state index contributed by atoms with van der Waals surface area (Å²) >= 11 is -3.03. The first kappa shape index (κ1) is 26.0. The standard InChI is InChI=1S/C29H44GeSi/c1-21-17-23(3)27(24(4)18-21)30(14-13-29(7,8)9,15-16-31(10,11)12)28-25(5)19-22(2)20-26(28)6/h17-20H,13-14H2,1-12H3. The number of hydrogen-bond donors (Lipinski definition) is 0. The average molecular weight is 493 g/mol. The summed E-state index contributed by atoms with van der Waals surface area (Å²) in [5.41, 5.74) is 12.8. The molecule has 0 unspecified atom stereocenters. The van der Waals surface area contributed by atoms with Crippen molar-refractivity contribution in [2.24, 2.45) is 5.41 Å². The molecule has 0 aliphatic heterocycles. The Morgan fingerprint density at radius 1 is 0.710 bits per heavy atom. The Kier molecular flexibility index (Phi) is 7.82. The van der Waals surface area contributed by atoms with E-state index in [1.165, 1.54) is 45.1 Å². The summed E-state index contributed by atoms with van der Waals surface area (Å²) in [4.78, 5) is 0. The summed E-state index contributed by atoms with van der Waals surface area (Å²) in [5.74, 6) is 0. The van der Waals surface area contributed by atoms with Crippen LogP contribution < -0.4 is 8.79 Å². The topological polar surface area (TPSA) is 0 Å².